The van der Waals surface area contributed by atoms with Crippen LogP contribution in [0.15, 0.2) is 24.3 Å². The van der Waals surface area contributed by atoms with Gasteiger partial charge in [-0.25, -0.2) is 4.79 Å². The van der Waals surface area contributed by atoms with Crippen molar-refractivity contribution in [2.45, 2.75) is 71.2 Å². The molecule has 2 unspecified atom stereocenters. The zero-order valence-electron chi connectivity index (χ0n) is 20.1. The second-order valence-electron chi connectivity index (χ2n) is 8.95. The summed E-state index contributed by atoms with van der Waals surface area (Å²) in [5.74, 6) is -2.41. The van der Waals surface area contributed by atoms with Gasteiger partial charge in [0, 0.05) is 18.0 Å². The van der Waals surface area contributed by atoms with Gasteiger partial charge >= 0.3 is 6.09 Å². The molecule has 0 aromatic heterocycles. The van der Waals surface area contributed by atoms with E-state index in [-0.39, 0.29) is 30.2 Å². The number of nitrogens with one attached hydrogen (secondary N) is 2. The molecular formula is C23H33N5O6. The van der Waals surface area contributed by atoms with Crippen molar-refractivity contribution in [1.29, 1.82) is 5.26 Å². The minimum Gasteiger partial charge on any atom is -0.508 e. The normalized spacial score (nSPS) is 12.7. The molecule has 1 aromatic rings. The second kappa shape index (κ2) is 12.4. The third kappa shape index (κ3) is 8.97. The van der Waals surface area contributed by atoms with Crippen LogP contribution in [0.2, 0.25) is 0 Å². The minimum atomic E-state index is -1.38. The lowest BCUT2D eigenvalue weighted by atomic mass is 10.0. The van der Waals surface area contributed by atoms with E-state index in [9.17, 15) is 29.5 Å². The van der Waals surface area contributed by atoms with Gasteiger partial charge in [0.2, 0.25) is 17.7 Å². The predicted molar refractivity (Wildman–Crippen MR) is 123 cm³/mol. The molecule has 0 radical (unpaired) electrons. The summed E-state index contributed by atoms with van der Waals surface area (Å²) in [5.41, 5.74) is 4.46. The molecule has 0 aliphatic carbocycles. The van der Waals surface area contributed by atoms with Crippen LogP contribution in [0.4, 0.5) is 4.79 Å². The highest BCUT2D eigenvalue weighted by Crippen LogP contribution is 2.30. The topological polar surface area (TPSA) is 175 Å². The van der Waals surface area contributed by atoms with Crippen LogP contribution in [-0.2, 0) is 19.1 Å². The van der Waals surface area contributed by atoms with Crippen LogP contribution in [0.1, 0.15) is 59.1 Å². The van der Waals surface area contributed by atoms with Gasteiger partial charge in [-0.2, -0.15) is 5.26 Å². The molecule has 0 fully saturated rings. The number of hydrogen-bond donors (Lipinski definition) is 4. The number of aromatic hydroxyl groups is 1. The number of hydrogen-bond acceptors (Lipinski definition) is 7. The Bertz CT molecular complexity index is 935. The molecule has 5 N–H and O–H groups in total. The molecule has 34 heavy (non-hydrogen) atoms. The van der Waals surface area contributed by atoms with Crippen molar-refractivity contribution < 1.29 is 29.0 Å². The van der Waals surface area contributed by atoms with E-state index < -0.39 is 48.0 Å². The molecule has 1 aromatic carbocycles. The summed E-state index contributed by atoms with van der Waals surface area (Å²) in [6.45, 7) is 7.82. The number of phenols is 1. The summed E-state index contributed by atoms with van der Waals surface area (Å²) >= 11 is 0. The molecular weight excluding hydrogens is 442 g/mol. The molecule has 0 heterocycles. The average Bonchev–Trinajstić information content (AvgIpc) is 2.69. The van der Waals surface area contributed by atoms with Gasteiger partial charge in [-0.1, -0.05) is 18.2 Å². The molecule has 0 spiro atoms. The lowest BCUT2D eigenvalue weighted by Gasteiger charge is -2.33. The molecule has 11 nitrogen and oxygen atoms in total. The molecule has 186 valence electrons. The zero-order valence-corrected chi connectivity index (χ0v) is 20.1. The first-order valence-electron chi connectivity index (χ1n) is 10.8. The molecule has 0 aliphatic heterocycles. The van der Waals surface area contributed by atoms with Crippen molar-refractivity contribution in [3.63, 3.8) is 0 Å². The van der Waals surface area contributed by atoms with Gasteiger partial charge in [-0.05, 0) is 47.1 Å². The van der Waals surface area contributed by atoms with Crippen LogP contribution >= 0.6 is 0 Å². The van der Waals surface area contributed by atoms with Gasteiger partial charge in [0.15, 0.2) is 0 Å². The first kappa shape index (κ1) is 28.2. The number of nitrogens with two attached hydrogens (primary N) is 1. The lowest BCUT2D eigenvalue weighted by molar-refractivity contribution is -0.142. The van der Waals surface area contributed by atoms with Gasteiger partial charge < -0.3 is 31.1 Å². The number of phenolic OH excluding ortho intramolecular Hbond substituents is 1. The number of rotatable bonds is 10. The number of amides is 4. The van der Waals surface area contributed by atoms with Gasteiger partial charge in [0.05, 0.1) is 6.07 Å². The number of carbonyl (C=O) groups is 4. The Balaban J connectivity index is 3.45. The average molecular weight is 476 g/mol. The zero-order chi connectivity index (χ0) is 26.1. The maximum atomic E-state index is 13.6. The quantitative estimate of drug-likeness (QED) is 0.370. The molecule has 0 bridgehead atoms. The SMILES string of the molecule is CC(C)NC(=O)C(c1ccccc1O)N(CC#N)C(=O)C(CCC(N)=O)NC(=O)OC(C)(C)C. The number of para-hydroxylation sites is 1. The highest BCUT2D eigenvalue weighted by molar-refractivity contribution is 5.93. The predicted octanol–water partition coefficient (Wildman–Crippen LogP) is 1.47. The number of alkyl carbamates (subject to hydrolysis) is 1. The van der Waals surface area contributed by atoms with Crippen molar-refractivity contribution in [2.24, 2.45) is 5.73 Å². The van der Waals surface area contributed by atoms with Crippen molar-refractivity contribution >= 4 is 23.8 Å². The molecule has 0 saturated heterocycles. The smallest absolute Gasteiger partial charge is 0.408 e. The Morgan fingerprint density at radius 1 is 1.18 bits per heavy atom. The van der Waals surface area contributed by atoms with Gasteiger partial charge in [0.1, 0.15) is 30.0 Å². The van der Waals surface area contributed by atoms with Crippen molar-refractivity contribution in [2.75, 3.05) is 6.54 Å². The van der Waals surface area contributed by atoms with Crippen molar-refractivity contribution in [3.8, 4) is 11.8 Å². The molecule has 2 atom stereocenters. The molecule has 1 rings (SSSR count). The highest BCUT2D eigenvalue weighted by Gasteiger charge is 2.37. The monoisotopic (exact) mass is 475 g/mol. The van der Waals surface area contributed by atoms with E-state index in [4.69, 9.17) is 10.5 Å². The van der Waals surface area contributed by atoms with Crippen LogP contribution in [0.5, 0.6) is 5.75 Å². The summed E-state index contributed by atoms with van der Waals surface area (Å²) in [5, 5.41) is 24.9. The van der Waals surface area contributed by atoms with E-state index in [2.05, 4.69) is 10.6 Å². The van der Waals surface area contributed by atoms with E-state index in [1.165, 1.54) is 12.1 Å². The summed E-state index contributed by atoms with van der Waals surface area (Å²) in [6.07, 6.45) is -1.35. The Kier molecular flexibility index (Phi) is 10.3. The van der Waals surface area contributed by atoms with E-state index in [0.717, 1.165) is 4.90 Å². The number of primary amides is 1. The van der Waals surface area contributed by atoms with Crippen LogP contribution in [-0.4, -0.2) is 58.1 Å². The van der Waals surface area contributed by atoms with E-state index in [1.807, 2.05) is 6.07 Å². The molecule has 4 amide bonds. The fourth-order valence-electron chi connectivity index (χ4n) is 3.10. The standard InChI is InChI=1S/C23H33N5O6/c1-14(2)26-20(31)19(15-8-6-7-9-17(15)29)28(13-12-24)21(32)16(10-11-18(25)30)27-22(33)34-23(3,4)5/h6-9,14,16,19,29H,10-11,13H2,1-5H3,(H2,25,30)(H,26,31)(H,27,33). The lowest BCUT2D eigenvalue weighted by Crippen LogP contribution is -2.53. The highest BCUT2D eigenvalue weighted by atomic mass is 16.6. The van der Waals surface area contributed by atoms with E-state index in [0.29, 0.717) is 0 Å². The van der Waals surface area contributed by atoms with Crippen LogP contribution in [0.3, 0.4) is 0 Å². The Labute approximate surface area is 199 Å². The fourth-order valence-corrected chi connectivity index (χ4v) is 3.10. The first-order valence-corrected chi connectivity index (χ1v) is 10.8. The molecule has 0 saturated carbocycles. The number of carbonyl (C=O) groups excluding carboxylic acids is 4. The summed E-state index contributed by atoms with van der Waals surface area (Å²) in [7, 11) is 0. The van der Waals surface area contributed by atoms with Gasteiger partial charge in [0.25, 0.3) is 0 Å². The van der Waals surface area contributed by atoms with E-state index >= 15 is 0 Å². The third-order valence-electron chi connectivity index (χ3n) is 4.41. The number of ether oxygens (including phenoxy) is 1. The maximum Gasteiger partial charge on any atom is 0.408 e. The van der Waals surface area contributed by atoms with Crippen molar-refractivity contribution in [1.82, 2.24) is 15.5 Å². The molecule has 0 aliphatic rings. The largest absolute Gasteiger partial charge is 0.508 e. The van der Waals surface area contributed by atoms with Crippen LogP contribution < -0.4 is 16.4 Å². The molecule has 11 heteroatoms. The maximum absolute atomic E-state index is 13.6. The van der Waals surface area contributed by atoms with Crippen molar-refractivity contribution in [3.05, 3.63) is 29.8 Å². The van der Waals surface area contributed by atoms with Gasteiger partial charge in [-0.3, -0.25) is 14.4 Å². The summed E-state index contributed by atoms with van der Waals surface area (Å²) < 4.78 is 5.21. The fraction of sp³-hybridized carbons (Fsp3) is 0.522. The second-order valence-corrected chi connectivity index (χ2v) is 8.95. The van der Waals surface area contributed by atoms with E-state index in [1.54, 1.807) is 46.8 Å². The Hall–Kier alpha value is -3.81. The Morgan fingerprint density at radius 3 is 2.29 bits per heavy atom. The summed E-state index contributed by atoms with van der Waals surface area (Å²) in [4.78, 5) is 51.3. The Morgan fingerprint density at radius 2 is 1.79 bits per heavy atom. The van der Waals surface area contributed by atoms with Crippen LogP contribution in [0.25, 0.3) is 0 Å². The number of nitriles is 1. The van der Waals surface area contributed by atoms with Crippen LogP contribution in [0, 0.1) is 11.3 Å². The minimum absolute atomic E-state index is 0.0927. The first-order chi connectivity index (χ1) is 15.8. The summed E-state index contributed by atoms with van der Waals surface area (Å²) in [6, 6.07) is 4.77. The third-order valence-corrected chi connectivity index (χ3v) is 4.41. The number of benzene rings is 1. The van der Waals surface area contributed by atoms with Gasteiger partial charge in [-0.15, -0.1) is 0 Å². The number of nitrogens with zero attached hydrogens (tertiary/aromatic N) is 2.